The molecule has 0 aliphatic carbocycles. The lowest BCUT2D eigenvalue weighted by Gasteiger charge is -2.19. The molecule has 1 saturated heterocycles. The van der Waals surface area contributed by atoms with Crippen LogP contribution in [0.1, 0.15) is 21.7 Å². The van der Waals surface area contributed by atoms with Crippen LogP contribution in [0.25, 0.3) is 0 Å². The predicted octanol–water partition coefficient (Wildman–Crippen LogP) is 0.363. The van der Waals surface area contributed by atoms with Crippen LogP contribution in [-0.2, 0) is 4.79 Å². The van der Waals surface area contributed by atoms with Gasteiger partial charge in [0, 0.05) is 25.7 Å². The van der Waals surface area contributed by atoms with E-state index in [9.17, 15) is 9.59 Å². The quantitative estimate of drug-likeness (QED) is 0.760. The van der Waals surface area contributed by atoms with Crippen LogP contribution < -0.4 is 5.73 Å². The van der Waals surface area contributed by atoms with Crippen molar-refractivity contribution in [2.24, 2.45) is 5.73 Å². The molecule has 0 aromatic carbocycles. The molecular weight excluding hydrogens is 274 g/mol. The highest BCUT2D eigenvalue weighted by Gasteiger charge is 2.25. The largest absolute Gasteiger partial charge is 0.344 e. The molecule has 0 spiro atoms. The first kappa shape index (κ1) is 14.6. The first-order valence-electron chi connectivity index (χ1n) is 6.43. The Bertz CT molecular complexity index is 570. The summed E-state index contributed by atoms with van der Waals surface area (Å²) < 4.78 is 0. The Balaban J connectivity index is 2.19. The highest BCUT2D eigenvalue weighted by atomic mass is 32.1. The number of rotatable bonds is 1. The van der Waals surface area contributed by atoms with Crippen molar-refractivity contribution in [1.29, 1.82) is 0 Å². The Hall–Kier alpha value is -1.84. The molecule has 6 heteroatoms. The van der Waals surface area contributed by atoms with E-state index in [1.54, 1.807) is 16.8 Å². The molecule has 2 N–H and O–H groups in total. The van der Waals surface area contributed by atoms with Crippen molar-refractivity contribution in [3.8, 4) is 11.8 Å². The third-order valence-corrected chi connectivity index (χ3v) is 4.05. The minimum Gasteiger partial charge on any atom is -0.344 e. The van der Waals surface area contributed by atoms with Crippen LogP contribution in [0.3, 0.4) is 0 Å². The summed E-state index contributed by atoms with van der Waals surface area (Å²) in [6.45, 7) is 1.68. The van der Waals surface area contributed by atoms with E-state index < -0.39 is 0 Å². The zero-order chi connectivity index (χ0) is 14.5. The van der Waals surface area contributed by atoms with Crippen molar-refractivity contribution in [3.05, 3.63) is 21.9 Å². The lowest BCUT2D eigenvalue weighted by molar-refractivity contribution is -0.129. The lowest BCUT2D eigenvalue weighted by Crippen LogP contribution is -2.37. The van der Waals surface area contributed by atoms with Gasteiger partial charge in [0.05, 0.1) is 6.54 Å². The summed E-state index contributed by atoms with van der Waals surface area (Å²) in [4.78, 5) is 28.2. The topological polar surface area (TPSA) is 66.6 Å². The molecule has 0 unspecified atom stereocenters. The lowest BCUT2D eigenvalue weighted by atomic mass is 10.2. The summed E-state index contributed by atoms with van der Waals surface area (Å²) in [7, 11) is 1.76. The summed E-state index contributed by atoms with van der Waals surface area (Å²) in [6.07, 6.45) is 0.795. The van der Waals surface area contributed by atoms with Gasteiger partial charge in [-0.15, -0.1) is 11.3 Å². The Morgan fingerprint density at radius 1 is 1.50 bits per heavy atom. The maximum Gasteiger partial charge on any atom is 0.265 e. The fourth-order valence-electron chi connectivity index (χ4n) is 2.02. The second kappa shape index (κ2) is 6.55. The van der Waals surface area contributed by atoms with Gasteiger partial charge in [0.15, 0.2) is 0 Å². The zero-order valence-electron chi connectivity index (χ0n) is 11.4. The SMILES string of the molecule is CN1CCCN(C(=O)c2sccc2C#CCN)CC1=O. The maximum absolute atomic E-state index is 12.5. The average molecular weight is 291 g/mol. The number of hydrogen-bond acceptors (Lipinski definition) is 4. The minimum absolute atomic E-state index is 0.0259. The number of amides is 2. The number of thiophene rings is 1. The van der Waals surface area contributed by atoms with Gasteiger partial charge in [-0.2, -0.15) is 0 Å². The zero-order valence-corrected chi connectivity index (χ0v) is 12.2. The van der Waals surface area contributed by atoms with Crippen molar-refractivity contribution in [1.82, 2.24) is 9.80 Å². The molecule has 1 aromatic rings. The van der Waals surface area contributed by atoms with Gasteiger partial charge in [-0.3, -0.25) is 9.59 Å². The van der Waals surface area contributed by atoms with Crippen molar-refractivity contribution < 1.29 is 9.59 Å². The van der Waals surface area contributed by atoms with Gasteiger partial charge in [0.1, 0.15) is 11.4 Å². The number of nitrogens with zero attached hydrogens (tertiary/aromatic N) is 2. The van der Waals surface area contributed by atoms with Crippen LogP contribution >= 0.6 is 11.3 Å². The molecule has 1 aliphatic rings. The second-order valence-electron chi connectivity index (χ2n) is 4.56. The number of hydrogen-bond donors (Lipinski definition) is 1. The van der Waals surface area contributed by atoms with Gasteiger partial charge in [-0.05, 0) is 17.9 Å². The Morgan fingerprint density at radius 3 is 3.05 bits per heavy atom. The summed E-state index contributed by atoms with van der Waals surface area (Å²) in [6, 6.07) is 1.81. The second-order valence-corrected chi connectivity index (χ2v) is 5.48. The van der Waals surface area contributed by atoms with Crippen LogP contribution in [0, 0.1) is 11.8 Å². The van der Waals surface area contributed by atoms with E-state index in [-0.39, 0.29) is 24.9 Å². The molecule has 1 aromatic heterocycles. The first-order valence-corrected chi connectivity index (χ1v) is 7.31. The highest BCUT2D eigenvalue weighted by Crippen LogP contribution is 2.19. The Kier molecular flexibility index (Phi) is 4.77. The number of nitrogens with two attached hydrogens (primary N) is 1. The Morgan fingerprint density at radius 2 is 2.30 bits per heavy atom. The molecule has 2 heterocycles. The monoisotopic (exact) mass is 291 g/mol. The fraction of sp³-hybridized carbons (Fsp3) is 0.429. The highest BCUT2D eigenvalue weighted by molar-refractivity contribution is 7.12. The van der Waals surface area contributed by atoms with Crippen molar-refractivity contribution in [2.45, 2.75) is 6.42 Å². The molecule has 1 aliphatic heterocycles. The Labute approximate surface area is 122 Å². The van der Waals surface area contributed by atoms with Crippen LogP contribution in [0.15, 0.2) is 11.4 Å². The van der Waals surface area contributed by atoms with Gasteiger partial charge in [-0.25, -0.2) is 0 Å². The molecule has 0 bridgehead atoms. The summed E-state index contributed by atoms with van der Waals surface area (Å²) in [5, 5.41) is 1.83. The molecule has 0 radical (unpaired) electrons. The smallest absolute Gasteiger partial charge is 0.265 e. The van der Waals surface area contributed by atoms with Gasteiger partial charge >= 0.3 is 0 Å². The molecular formula is C14H17N3O2S. The van der Waals surface area contributed by atoms with Crippen molar-refractivity contribution >= 4 is 23.2 Å². The number of likely N-dealkylation sites (N-methyl/N-ethyl adjacent to an activating group) is 1. The molecule has 0 atom stereocenters. The third kappa shape index (κ3) is 3.18. The van der Waals surface area contributed by atoms with Gasteiger partial charge in [0.25, 0.3) is 5.91 Å². The standard InChI is InChI=1S/C14H17N3O2S/c1-16-7-3-8-17(10-12(16)18)14(19)13-11(4-2-6-15)5-9-20-13/h5,9H,3,6-8,10,15H2,1H3. The summed E-state index contributed by atoms with van der Waals surface area (Å²) >= 11 is 1.35. The fourth-order valence-corrected chi connectivity index (χ4v) is 2.84. The van der Waals surface area contributed by atoms with Gasteiger partial charge in [-0.1, -0.05) is 11.8 Å². The molecule has 106 valence electrons. The normalized spacial score (nSPS) is 15.6. The van der Waals surface area contributed by atoms with Crippen LogP contribution in [0.2, 0.25) is 0 Å². The molecule has 0 saturated carbocycles. The molecule has 2 amide bonds. The predicted molar refractivity (Wildman–Crippen MR) is 78.4 cm³/mol. The number of carbonyl (C=O) groups excluding carboxylic acids is 2. The molecule has 2 rings (SSSR count). The third-order valence-electron chi connectivity index (χ3n) is 3.15. The van der Waals surface area contributed by atoms with Crippen molar-refractivity contribution in [2.75, 3.05) is 33.2 Å². The van der Waals surface area contributed by atoms with E-state index >= 15 is 0 Å². The van der Waals surface area contributed by atoms with Crippen LogP contribution in [-0.4, -0.2) is 54.8 Å². The first-order chi connectivity index (χ1) is 9.63. The average Bonchev–Trinajstić information content (AvgIpc) is 2.84. The maximum atomic E-state index is 12.5. The summed E-state index contributed by atoms with van der Waals surface area (Å²) in [5.74, 6) is 5.51. The number of carbonyl (C=O) groups is 2. The van der Waals surface area contributed by atoms with E-state index in [4.69, 9.17) is 5.73 Å². The minimum atomic E-state index is -0.120. The van der Waals surface area contributed by atoms with Crippen molar-refractivity contribution in [3.63, 3.8) is 0 Å². The van der Waals surface area contributed by atoms with Crippen LogP contribution in [0.4, 0.5) is 0 Å². The molecule has 5 nitrogen and oxygen atoms in total. The van der Waals surface area contributed by atoms with E-state index in [1.165, 1.54) is 11.3 Å². The van der Waals surface area contributed by atoms with E-state index in [2.05, 4.69) is 11.8 Å². The van der Waals surface area contributed by atoms with E-state index in [0.29, 0.717) is 23.5 Å². The summed E-state index contributed by atoms with van der Waals surface area (Å²) in [5.41, 5.74) is 6.04. The molecule has 1 fully saturated rings. The van der Waals surface area contributed by atoms with Gasteiger partial charge in [0.2, 0.25) is 5.91 Å². The molecule has 20 heavy (non-hydrogen) atoms. The van der Waals surface area contributed by atoms with E-state index in [1.807, 2.05) is 11.4 Å². The van der Waals surface area contributed by atoms with E-state index in [0.717, 1.165) is 6.42 Å². The van der Waals surface area contributed by atoms with Gasteiger partial charge < -0.3 is 15.5 Å². The van der Waals surface area contributed by atoms with Crippen LogP contribution in [0.5, 0.6) is 0 Å².